The zero-order valence-corrected chi connectivity index (χ0v) is 12.7. The lowest BCUT2D eigenvalue weighted by Gasteiger charge is -2.60. The molecule has 0 unspecified atom stereocenters. The number of ketones is 1. The fraction of sp³-hybridized carbons (Fsp3) is 0.500. The molecule has 1 heteroatoms. The monoisotopic (exact) mass is 254 g/mol. The fourth-order valence-corrected chi connectivity index (χ4v) is 4.46. The Bertz CT molecular complexity index is 635. The van der Waals surface area contributed by atoms with E-state index >= 15 is 0 Å². The second kappa shape index (κ2) is 3.20. The highest BCUT2D eigenvalue weighted by molar-refractivity contribution is 6.03. The minimum atomic E-state index is -0.443. The number of benzene rings is 1. The lowest BCUT2D eigenvalue weighted by Crippen LogP contribution is -2.62. The van der Waals surface area contributed by atoms with Crippen molar-refractivity contribution in [3.05, 3.63) is 46.5 Å². The number of carbonyl (C=O) groups excluding carboxylic acids is 1. The van der Waals surface area contributed by atoms with E-state index in [9.17, 15) is 4.79 Å². The van der Waals surface area contributed by atoms with E-state index < -0.39 is 5.41 Å². The second-order valence-electron chi connectivity index (χ2n) is 7.00. The molecule has 0 aliphatic heterocycles. The van der Waals surface area contributed by atoms with Gasteiger partial charge >= 0.3 is 0 Å². The van der Waals surface area contributed by atoms with Crippen LogP contribution in [0.25, 0.3) is 0 Å². The summed E-state index contributed by atoms with van der Waals surface area (Å²) in [4.78, 5) is 13.1. The first kappa shape index (κ1) is 12.7. The van der Waals surface area contributed by atoms with Gasteiger partial charge in [0.15, 0.2) is 5.78 Å². The molecule has 3 aliphatic rings. The average Bonchev–Trinajstić information content (AvgIpc) is 2.40. The molecule has 2 atom stereocenters. The van der Waals surface area contributed by atoms with Crippen molar-refractivity contribution in [2.24, 2.45) is 5.41 Å². The minimum absolute atomic E-state index is 0.178. The maximum Gasteiger partial charge on any atom is 0.153 e. The van der Waals surface area contributed by atoms with Gasteiger partial charge in [0.25, 0.3) is 0 Å². The quantitative estimate of drug-likeness (QED) is 0.635. The Morgan fingerprint density at radius 3 is 1.95 bits per heavy atom. The molecule has 0 heterocycles. The third-order valence-electron chi connectivity index (χ3n) is 6.34. The van der Waals surface area contributed by atoms with Crippen LogP contribution in [0, 0.1) is 5.41 Å². The predicted molar refractivity (Wildman–Crippen MR) is 78.3 cm³/mol. The summed E-state index contributed by atoms with van der Waals surface area (Å²) in [6.07, 6.45) is 0. The van der Waals surface area contributed by atoms with E-state index in [0.717, 1.165) is 0 Å². The Morgan fingerprint density at radius 1 is 0.842 bits per heavy atom. The maximum absolute atomic E-state index is 13.1. The molecule has 0 radical (unpaired) electrons. The van der Waals surface area contributed by atoms with Crippen LogP contribution >= 0.6 is 0 Å². The van der Waals surface area contributed by atoms with Crippen LogP contribution in [-0.2, 0) is 15.6 Å². The van der Waals surface area contributed by atoms with Gasteiger partial charge in [-0.25, -0.2) is 0 Å². The normalized spacial score (nSPS) is 35.6. The number of hydrogen-bond donors (Lipinski definition) is 0. The highest BCUT2D eigenvalue weighted by atomic mass is 16.1. The van der Waals surface area contributed by atoms with E-state index in [1.165, 1.54) is 22.3 Å². The third-order valence-corrected chi connectivity index (χ3v) is 6.34. The first-order valence-corrected chi connectivity index (χ1v) is 7.03. The second-order valence-corrected chi connectivity index (χ2v) is 7.00. The van der Waals surface area contributed by atoms with Gasteiger partial charge < -0.3 is 0 Å². The standard InChI is InChI=1S/C18H22O/c1-11-12(2)18(6)14-10-8-7-9-13(14)17(11,5)15(19)16(18,3)4/h7-10H,1-6H3/t17-,18-/m1/s1. The highest BCUT2D eigenvalue weighted by Crippen LogP contribution is 2.63. The number of rotatable bonds is 0. The summed E-state index contributed by atoms with van der Waals surface area (Å²) in [7, 11) is 0. The van der Waals surface area contributed by atoms with Crippen LogP contribution in [0.4, 0.5) is 0 Å². The van der Waals surface area contributed by atoms with Crippen molar-refractivity contribution in [3.63, 3.8) is 0 Å². The average molecular weight is 254 g/mol. The van der Waals surface area contributed by atoms with Gasteiger partial charge in [0, 0.05) is 10.8 Å². The molecule has 1 aromatic carbocycles. The van der Waals surface area contributed by atoms with E-state index in [2.05, 4.69) is 65.8 Å². The number of allylic oxidation sites excluding steroid dienone is 2. The fourth-order valence-electron chi connectivity index (χ4n) is 4.46. The number of carbonyl (C=O) groups is 1. The van der Waals surface area contributed by atoms with Crippen LogP contribution in [0.1, 0.15) is 52.7 Å². The summed E-state index contributed by atoms with van der Waals surface area (Å²) in [5.74, 6) is 0.365. The Kier molecular flexibility index (Phi) is 2.13. The van der Waals surface area contributed by atoms with Crippen molar-refractivity contribution in [2.75, 3.05) is 0 Å². The molecule has 2 bridgehead atoms. The number of fused-ring (bicyclic) bond motifs is 1. The molecule has 100 valence electrons. The van der Waals surface area contributed by atoms with E-state index in [1.807, 2.05) is 0 Å². The van der Waals surface area contributed by atoms with Crippen molar-refractivity contribution < 1.29 is 4.79 Å². The maximum atomic E-state index is 13.1. The SMILES string of the molecule is CC1=C(C)[C@]2(C)c3ccccc3[C@]1(C)C(=O)C2(C)C. The molecule has 1 aromatic rings. The number of hydrogen-bond acceptors (Lipinski definition) is 1. The summed E-state index contributed by atoms with van der Waals surface area (Å²) in [5.41, 5.74) is 4.20. The molecule has 1 nitrogen and oxygen atoms in total. The zero-order chi connectivity index (χ0) is 14.2. The van der Waals surface area contributed by atoms with Crippen molar-refractivity contribution in [1.82, 2.24) is 0 Å². The lowest BCUT2D eigenvalue weighted by atomic mass is 9.41. The Labute approximate surface area is 115 Å². The van der Waals surface area contributed by atoms with Crippen LogP contribution in [0.5, 0.6) is 0 Å². The van der Waals surface area contributed by atoms with Gasteiger partial charge in [-0.3, -0.25) is 4.79 Å². The van der Waals surface area contributed by atoms with E-state index in [1.54, 1.807) is 0 Å². The first-order chi connectivity index (χ1) is 8.70. The van der Waals surface area contributed by atoms with E-state index in [0.29, 0.717) is 5.78 Å². The summed E-state index contributed by atoms with van der Waals surface area (Å²) in [6, 6.07) is 8.49. The molecule has 0 amide bonds. The van der Waals surface area contributed by atoms with Crippen LogP contribution in [0.3, 0.4) is 0 Å². The highest BCUT2D eigenvalue weighted by Gasteiger charge is 2.64. The lowest BCUT2D eigenvalue weighted by molar-refractivity contribution is -0.137. The largest absolute Gasteiger partial charge is 0.298 e. The van der Waals surface area contributed by atoms with Crippen molar-refractivity contribution in [1.29, 1.82) is 0 Å². The predicted octanol–water partition coefficient (Wildman–Crippen LogP) is 4.16. The van der Waals surface area contributed by atoms with Gasteiger partial charge in [-0.05, 0) is 31.9 Å². The van der Waals surface area contributed by atoms with Gasteiger partial charge in [-0.2, -0.15) is 0 Å². The first-order valence-electron chi connectivity index (χ1n) is 7.03. The van der Waals surface area contributed by atoms with Gasteiger partial charge in [0.1, 0.15) is 0 Å². The smallest absolute Gasteiger partial charge is 0.153 e. The molecule has 4 rings (SSSR count). The Balaban J connectivity index is 2.54. The molecule has 0 fully saturated rings. The summed E-state index contributed by atoms with van der Waals surface area (Å²) < 4.78 is 0. The van der Waals surface area contributed by atoms with Crippen LogP contribution < -0.4 is 0 Å². The van der Waals surface area contributed by atoms with Crippen LogP contribution in [0.15, 0.2) is 35.4 Å². The van der Waals surface area contributed by atoms with Crippen molar-refractivity contribution in [3.8, 4) is 0 Å². The molecule has 0 saturated carbocycles. The number of Topliss-reactive ketones (excluding diaryl/α,β-unsaturated/α-hetero) is 1. The molecular weight excluding hydrogens is 232 g/mol. The molecule has 0 N–H and O–H groups in total. The molecule has 0 spiro atoms. The molecule has 0 aromatic heterocycles. The van der Waals surface area contributed by atoms with E-state index in [4.69, 9.17) is 0 Å². The van der Waals surface area contributed by atoms with Crippen molar-refractivity contribution in [2.45, 2.75) is 52.4 Å². The minimum Gasteiger partial charge on any atom is -0.298 e. The summed E-state index contributed by atoms with van der Waals surface area (Å²) >= 11 is 0. The summed E-state index contributed by atoms with van der Waals surface area (Å²) in [6.45, 7) is 12.9. The molecular formula is C18H22O. The zero-order valence-electron chi connectivity index (χ0n) is 12.7. The van der Waals surface area contributed by atoms with Gasteiger partial charge in [-0.15, -0.1) is 0 Å². The summed E-state index contributed by atoms with van der Waals surface area (Å²) in [5, 5.41) is 0. The van der Waals surface area contributed by atoms with Crippen LogP contribution in [-0.4, -0.2) is 5.78 Å². The van der Waals surface area contributed by atoms with Crippen molar-refractivity contribution >= 4 is 5.78 Å². The van der Waals surface area contributed by atoms with E-state index in [-0.39, 0.29) is 10.8 Å². The van der Waals surface area contributed by atoms with Gasteiger partial charge in [-0.1, -0.05) is 56.2 Å². The van der Waals surface area contributed by atoms with Crippen LogP contribution in [0.2, 0.25) is 0 Å². The third kappa shape index (κ3) is 1.04. The topological polar surface area (TPSA) is 17.1 Å². The Morgan fingerprint density at radius 2 is 1.37 bits per heavy atom. The molecule has 0 saturated heterocycles. The molecule has 3 aliphatic carbocycles. The Hall–Kier alpha value is -1.37. The van der Waals surface area contributed by atoms with Gasteiger partial charge in [0.05, 0.1) is 5.41 Å². The molecule has 19 heavy (non-hydrogen) atoms. The van der Waals surface area contributed by atoms with Gasteiger partial charge in [0.2, 0.25) is 0 Å².